The zero-order valence-electron chi connectivity index (χ0n) is 15.4. The number of halogens is 1. The van der Waals surface area contributed by atoms with Gasteiger partial charge in [0.2, 0.25) is 10.0 Å². The Bertz CT molecular complexity index is 1070. The molecule has 0 radical (unpaired) electrons. The van der Waals surface area contributed by atoms with Crippen LogP contribution in [0.2, 0.25) is 0 Å². The molecule has 0 atom stereocenters. The number of rotatable bonds is 5. The van der Waals surface area contributed by atoms with Crippen molar-refractivity contribution in [2.24, 2.45) is 0 Å². The summed E-state index contributed by atoms with van der Waals surface area (Å²) >= 11 is 0. The molecule has 3 aromatic rings. The van der Waals surface area contributed by atoms with Crippen LogP contribution in [0.15, 0.2) is 71.6 Å². The molecule has 1 aliphatic rings. The topological polar surface area (TPSA) is 55.4 Å². The average molecular weight is 399 g/mol. The summed E-state index contributed by atoms with van der Waals surface area (Å²) in [6.45, 7) is 1.35. The van der Waals surface area contributed by atoms with Crippen molar-refractivity contribution in [3.05, 3.63) is 78.1 Å². The van der Waals surface area contributed by atoms with E-state index in [9.17, 15) is 12.8 Å². The van der Waals surface area contributed by atoms with Crippen LogP contribution in [0.5, 0.6) is 0 Å². The lowest BCUT2D eigenvalue weighted by Gasteiger charge is -2.38. The molecule has 0 amide bonds. The van der Waals surface area contributed by atoms with Crippen LogP contribution in [0.25, 0.3) is 10.8 Å². The standard InChI is InChI=1S/C22H22FNO3S/c23-20-8-6-19(7-9-20)22(11-13-27-14-12-22)16-24-28(25,26)21-10-5-17-3-1-2-4-18(17)15-21/h1-10,15,24H,11-14,16H2. The SMILES string of the molecule is O=S(=O)(NCC1(c2ccc(F)cc2)CCOCC1)c1ccc2ccccc2c1. The second-order valence-corrected chi connectivity index (χ2v) is 9.00. The fourth-order valence-corrected chi connectivity index (χ4v) is 4.95. The summed E-state index contributed by atoms with van der Waals surface area (Å²) in [5.41, 5.74) is 0.522. The highest BCUT2D eigenvalue weighted by molar-refractivity contribution is 7.89. The first-order valence-electron chi connectivity index (χ1n) is 9.31. The molecule has 1 heterocycles. The van der Waals surface area contributed by atoms with Crippen molar-refractivity contribution in [2.75, 3.05) is 19.8 Å². The molecular weight excluding hydrogens is 377 g/mol. The summed E-state index contributed by atoms with van der Waals surface area (Å²) in [6.07, 6.45) is 1.36. The molecule has 0 spiro atoms. The van der Waals surface area contributed by atoms with Crippen LogP contribution in [-0.2, 0) is 20.2 Å². The number of benzene rings is 3. The molecule has 28 heavy (non-hydrogen) atoms. The smallest absolute Gasteiger partial charge is 0.240 e. The fourth-order valence-electron chi connectivity index (χ4n) is 3.78. The quantitative estimate of drug-likeness (QED) is 0.705. The van der Waals surface area contributed by atoms with Crippen molar-refractivity contribution in [1.29, 1.82) is 0 Å². The maximum absolute atomic E-state index is 13.4. The van der Waals surface area contributed by atoms with Crippen LogP contribution < -0.4 is 4.72 Å². The van der Waals surface area contributed by atoms with Gasteiger partial charge in [0.05, 0.1) is 4.90 Å². The highest BCUT2D eigenvalue weighted by Crippen LogP contribution is 2.35. The molecule has 6 heteroatoms. The Morgan fingerprint density at radius 3 is 2.32 bits per heavy atom. The van der Waals surface area contributed by atoms with Crippen molar-refractivity contribution in [2.45, 2.75) is 23.2 Å². The minimum Gasteiger partial charge on any atom is -0.381 e. The molecule has 0 unspecified atom stereocenters. The fraction of sp³-hybridized carbons (Fsp3) is 0.273. The highest BCUT2D eigenvalue weighted by atomic mass is 32.2. The van der Waals surface area contributed by atoms with E-state index in [1.54, 1.807) is 24.3 Å². The second-order valence-electron chi connectivity index (χ2n) is 7.23. The highest BCUT2D eigenvalue weighted by Gasteiger charge is 2.35. The summed E-state index contributed by atoms with van der Waals surface area (Å²) in [5.74, 6) is -0.303. The lowest BCUT2D eigenvalue weighted by atomic mass is 9.74. The molecule has 4 nitrogen and oxygen atoms in total. The van der Waals surface area contributed by atoms with Gasteiger partial charge in [-0.2, -0.15) is 0 Å². The van der Waals surface area contributed by atoms with Gasteiger partial charge in [-0.15, -0.1) is 0 Å². The Balaban J connectivity index is 1.61. The van der Waals surface area contributed by atoms with Gasteiger partial charge in [-0.1, -0.05) is 42.5 Å². The zero-order chi connectivity index (χ0) is 19.6. The molecule has 4 rings (SSSR count). The number of fused-ring (bicyclic) bond motifs is 1. The van der Waals surface area contributed by atoms with Gasteiger partial charge in [-0.05, 0) is 53.4 Å². The first-order valence-corrected chi connectivity index (χ1v) is 10.8. The summed E-state index contributed by atoms with van der Waals surface area (Å²) in [4.78, 5) is 0.243. The van der Waals surface area contributed by atoms with E-state index in [0.717, 1.165) is 16.3 Å². The molecule has 1 saturated heterocycles. The molecule has 1 aliphatic heterocycles. The van der Waals surface area contributed by atoms with Crippen LogP contribution in [0.1, 0.15) is 18.4 Å². The van der Waals surface area contributed by atoms with Crippen molar-refractivity contribution in [1.82, 2.24) is 4.72 Å². The van der Waals surface area contributed by atoms with Gasteiger partial charge < -0.3 is 4.74 Å². The van der Waals surface area contributed by atoms with E-state index in [0.29, 0.717) is 26.1 Å². The molecule has 1 fully saturated rings. The van der Waals surface area contributed by atoms with Gasteiger partial charge >= 0.3 is 0 Å². The predicted octanol–water partition coefficient (Wildman–Crippen LogP) is 4.01. The Morgan fingerprint density at radius 1 is 0.929 bits per heavy atom. The second kappa shape index (κ2) is 7.62. The van der Waals surface area contributed by atoms with Crippen molar-refractivity contribution in [3.8, 4) is 0 Å². The lowest BCUT2D eigenvalue weighted by molar-refractivity contribution is 0.0517. The number of hydrogen-bond donors (Lipinski definition) is 1. The summed E-state index contributed by atoms with van der Waals surface area (Å²) in [5, 5.41) is 1.87. The summed E-state index contributed by atoms with van der Waals surface area (Å²) in [6, 6.07) is 19.1. The van der Waals surface area contributed by atoms with E-state index in [2.05, 4.69) is 4.72 Å². The first kappa shape index (κ1) is 19.1. The minimum absolute atomic E-state index is 0.243. The lowest BCUT2D eigenvalue weighted by Crippen LogP contribution is -2.44. The van der Waals surface area contributed by atoms with Crippen LogP contribution in [0, 0.1) is 5.82 Å². The Kier molecular flexibility index (Phi) is 5.19. The van der Waals surface area contributed by atoms with Crippen molar-refractivity contribution < 1.29 is 17.5 Å². The third kappa shape index (κ3) is 3.81. The molecule has 0 bridgehead atoms. The minimum atomic E-state index is -3.67. The maximum Gasteiger partial charge on any atom is 0.240 e. The van der Waals surface area contributed by atoms with Crippen LogP contribution in [0.3, 0.4) is 0 Å². The number of sulfonamides is 1. The molecule has 0 aromatic heterocycles. The monoisotopic (exact) mass is 399 g/mol. The maximum atomic E-state index is 13.4. The molecule has 0 aliphatic carbocycles. The van der Waals surface area contributed by atoms with Gasteiger partial charge in [-0.25, -0.2) is 17.5 Å². The zero-order valence-corrected chi connectivity index (χ0v) is 16.2. The van der Waals surface area contributed by atoms with E-state index in [1.807, 2.05) is 30.3 Å². The van der Waals surface area contributed by atoms with E-state index in [-0.39, 0.29) is 17.3 Å². The summed E-state index contributed by atoms with van der Waals surface area (Å²) < 4.78 is 47.5. The largest absolute Gasteiger partial charge is 0.381 e. The Labute approximate surface area is 164 Å². The normalized spacial score (nSPS) is 16.9. The number of hydrogen-bond acceptors (Lipinski definition) is 3. The number of nitrogens with one attached hydrogen (secondary N) is 1. The third-order valence-corrected chi connectivity index (χ3v) is 6.94. The van der Waals surface area contributed by atoms with Crippen LogP contribution in [-0.4, -0.2) is 28.2 Å². The first-order chi connectivity index (χ1) is 13.5. The van der Waals surface area contributed by atoms with E-state index in [1.165, 1.54) is 12.1 Å². The molecule has 146 valence electrons. The van der Waals surface area contributed by atoms with E-state index < -0.39 is 15.4 Å². The van der Waals surface area contributed by atoms with Gasteiger partial charge in [0.25, 0.3) is 0 Å². The Morgan fingerprint density at radius 2 is 1.61 bits per heavy atom. The van der Waals surface area contributed by atoms with Gasteiger partial charge in [-0.3, -0.25) is 0 Å². The Hall–Kier alpha value is -2.28. The van der Waals surface area contributed by atoms with Crippen LogP contribution >= 0.6 is 0 Å². The van der Waals surface area contributed by atoms with Gasteiger partial charge in [0, 0.05) is 25.2 Å². The van der Waals surface area contributed by atoms with Crippen molar-refractivity contribution >= 4 is 20.8 Å². The van der Waals surface area contributed by atoms with Crippen LogP contribution in [0.4, 0.5) is 4.39 Å². The average Bonchev–Trinajstić information content (AvgIpc) is 2.73. The molecule has 3 aromatic carbocycles. The third-order valence-electron chi connectivity index (χ3n) is 5.54. The van der Waals surface area contributed by atoms with Gasteiger partial charge in [0.1, 0.15) is 5.82 Å². The van der Waals surface area contributed by atoms with E-state index >= 15 is 0 Å². The van der Waals surface area contributed by atoms with Crippen molar-refractivity contribution in [3.63, 3.8) is 0 Å². The molecule has 0 saturated carbocycles. The molecule has 1 N–H and O–H groups in total. The number of ether oxygens (including phenoxy) is 1. The molecular formula is C22H22FNO3S. The predicted molar refractivity (Wildman–Crippen MR) is 107 cm³/mol. The van der Waals surface area contributed by atoms with Gasteiger partial charge in [0.15, 0.2) is 0 Å². The van der Waals surface area contributed by atoms with E-state index in [4.69, 9.17) is 4.74 Å². The summed E-state index contributed by atoms with van der Waals surface area (Å²) in [7, 11) is -3.67.